The minimum Gasteiger partial charge on any atom is -2.00 e. The van der Waals surface area contributed by atoms with Gasteiger partial charge in [-0.25, -0.2) is 0 Å². The second-order valence-corrected chi connectivity index (χ2v) is 0. The summed E-state index contributed by atoms with van der Waals surface area (Å²) in [5.74, 6) is 0. The van der Waals surface area contributed by atoms with Crippen molar-refractivity contribution in [1.82, 2.24) is 0 Å². The molecule has 7 heteroatoms. The Morgan fingerprint density at radius 2 is 0.571 bits per heavy atom. The van der Waals surface area contributed by atoms with Crippen LogP contribution in [0.1, 0.15) is 0 Å². The van der Waals surface area contributed by atoms with Gasteiger partial charge in [0.2, 0.25) is 0 Å². The number of rotatable bonds is 0. The van der Waals surface area contributed by atoms with Crippen LogP contribution in [0.25, 0.3) is 0 Å². The Balaban J connectivity index is 0. The minimum atomic E-state index is 0. The summed E-state index contributed by atoms with van der Waals surface area (Å²) < 4.78 is 0. The maximum Gasteiger partial charge on any atom is 3.00 e. The quantitative estimate of drug-likeness (QED) is 0.416. The van der Waals surface area contributed by atoms with Gasteiger partial charge in [-0.3, -0.25) is 0 Å². The van der Waals surface area contributed by atoms with E-state index in [1.165, 1.54) is 0 Å². The van der Waals surface area contributed by atoms with E-state index >= 15 is 0 Å². The molecule has 0 aliphatic carbocycles. The third kappa shape index (κ3) is 203. The third-order valence-corrected chi connectivity index (χ3v) is 0. The molecule has 0 bridgehead atoms. The van der Waals surface area contributed by atoms with Gasteiger partial charge in [-0.05, 0) is 0 Å². The van der Waals surface area contributed by atoms with E-state index in [2.05, 4.69) is 0 Å². The van der Waals surface area contributed by atoms with Crippen molar-refractivity contribution in [3.63, 3.8) is 0 Å². The number of hydrogen-bond acceptors (Lipinski definition) is 0. The molecule has 50 valence electrons. The fraction of sp³-hybridized carbons (Fsp3) is 0. The summed E-state index contributed by atoms with van der Waals surface area (Å²) in [5, 5.41) is 0. The van der Waals surface area contributed by atoms with Crippen molar-refractivity contribution >= 4 is 0 Å². The molecule has 7 heavy (non-hydrogen) atoms. The standard InChI is InChI=1S/Fe.H2O.4O.V/h;1H2;;;;;/q+3;;4*-2;. The van der Waals surface area contributed by atoms with Gasteiger partial charge in [0.25, 0.3) is 0 Å². The Kier molecular flexibility index (Phi) is 19400. The van der Waals surface area contributed by atoms with Crippen LogP contribution in [-0.4, -0.2) is 5.48 Å². The average molecular weight is 189 g/mol. The fourth-order valence-electron chi connectivity index (χ4n) is 0. The molecule has 0 aromatic heterocycles. The predicted molar refractivity (Wildman–Crippen MR) is 6.36 cm³/mol. The van der Waals surface area contributed by atoms with Gasteiger partial charge in [-0.2, -0.15) is 0 Å². The van der Waals surface area contributed by atoms with Crippen LogP contribution in [-0.2, 0) is 57.5 Å². The molecule has 0 aliphatic heterocycles. The molecule has 0 aromatic carbocycles. The summed E-state index contributed by atoms with van der Waals surface area (Å²) in [6, 6.07) is 0. The first kappa shape index (κ1) is 461. The molecule has 0 aliphatic rings. The molecule has 0 saturated carbocycles. The third-order valence-electron chi connectivity index (χ3n) is 0. The van der Waals surface area contributed by atoms with Crippen molar-refractivity contribution in [2.45, 2.75) is 0 Å². The molecule has 2 radical (unpaired) electrons. The Bertz CT molecular complexity index is 8.04. The van der Waals surface area contributed by atoms with Crippen LogP contribution >= 0.6 is 0 Å². The summed E-state index contributed by atoms with van der Waals surface area (Å²) in [7, 11) is 0. The van der Waals surface area contributed by atoms with Crippen molar-refractivity contribution in [2.75, 3.05) is 0 Å². The molecular formula is H2FeO5V-5. The average Bonchev–Trinajstić information content (AvgIpc) is 0. The monoisotopic (exact) mass is 189 g/mol. The molecule has 0 unspecified atom stereocenters. The zero-order valence-electron chi connectivity index (χ0n) is 2.93. The topological polar surface area (TPSA) is 146 Å². The molecule has 0 spiro atoms. The molecule has 0 heterocycles. The van der Waals surface area contributed by atoms with Gasteiger partial charge >= 0.3 is 17.1 Å². The smallest absolute Gasteiger partial charge is 2.00 e. The largest absolute Gasteiger partial charge is 3.00 e. The molecule has 2 N–H and O–H groups in total. The Labute approximate surface area is 63.4 Å². The van der Waals surface area contributed by atoms with Gasteiger partial charge in [-0.15, -0.1) is 0 Å². The van der Waals surface area contributed by atoms with Crippen molar-refractivity contribution in [1.29, 1.82) is 0 Å². The first-order chi connectivity index (χ1) is 0. The molecule has 0 rings (SSSR count). The van der Waals surface area contributed by atoms with E-state index in [0.717, 1.165) is 0 Å². The van der Waals surface area contributed by atoms with E-state index in [-0.39, 0.29) is 63.0 Å². The van der Waals surface area contributed by atoms with Crippen molar-refractivity contribution in [2.24, 2.45) is 0 Å². The van der Waals surface area contributed by atoms with Gasteiger partial charge in [0, 0.05) is 18.6 Å². The Morgan fingerprint density at radius 3 is 0.571 bits per heavy atom. The van der Waals surface area contributed by atoms with Gasteiger partial charge in [0.1, 0.15) is 0 Å². The normalized spacial score (nSPS) is 0. The SMILES string of the molecule is O.[Fe+3].[O-2].[O-2].[O-2].[O-2].[V]. The van der Waals surface area contributed by atoms with Crippen molar-refractivity contribution in [3.8, 4) is 0 Å². The molecular weight excluding hydrogens is 187 g/mol. The van der Waals surface area contributed by atoms with Crippen LogP contribution in [0.4, 0.5) is 0 Å². The summed E-state index contributed by atoms with van der Waals surface area (Å²) in [6.45, 7) is 0. The molecule has 5 nitrogen and oxygen atoms in total. The van der Waals surface area contributed by atoms with E-state index in [1.54, 1.807) is 0 Å². The second-order valence-electron chi connectivity index (χ2n) is 0. The van der Waals surface area contributed by atoms with Crippen LogP contribution in [0.15, 0.2) is 0 Å². The van der Waals surface area contributed by atoms with E-state index in [4.69, 9.17) is 0 Å². The Hall–Kier alpha value is 0.904. The van der Waals surface area contributed by atoms with E-state index in [1.807, 2.05) is 0 Å². The van der Waals surface area contributed by atoms with Gasteiger partial charge < -0.3 is 27.4 Å². The summed E-state index contributed by atoms with van der Waals surface area (Å²) in [6.07, 6.45) is 0. The second kappa shape index (κ2) is 295. The van der Waals surface area contributed by atoms with Gasteiger partial charge in [-0.1, -0.05) is 0 Å². The molecule has 0 amide bonds. The first-order valence-corrected chi connectivity index (χ1v) is 0. The van der Waals surface area contributed by atoms with Gasteiger partial charge in [0.05, 0.1) is 0 Å². The minimum absolute atomic E-state index is 0. The zero-order chi connectivity index (χ0) is 0. The van der Waals surface area contributed by atoms with Crippen LogP contribution in [0.5, 0.6) is 0 Å². The van der Waals surface area contributed by atoms with E-state index in [9.17, 15) is 0 Å². The maximum absolute atomic E-state index is 0. The molecule has 0 saturated heterocycles. The van der Waals surface area contributed by atoms with Crippen LogP contribution < -0.4 is 0 Å². The van der Waals surface area contributed by atoms with E-state index < -0.39 is 0 Å². The predicted octanol–water partition coefficient (Wildman–Crippen LogP) is -1.30. The van der Waals surface area contributed by atoms with Crippen molar-refractivity contribution in [3.05, 3.63) is 0 Å². The fourth-order valence-corrected chi connectivity index (χ4v) is 0. The maximum atomic E-state index is 0. The summed E-state index contributed by atoms with van der Waals surface area (Å²) in [4.78, 5) is 0. The number of hydrogen-bond donors (Lipinski definition) is 0. The molecule has 0 aromatic rings. The molecule has 0 fully saturated rings. The zero-order valence-corrected chi connectivity index (χ0v) is 5.43. The Morgan fingerprint density at radius 1 is 0.571 bits per heavy atom. The van der Waals surface area contributed by atoms with E-state index in [0.29, 0.717) is 0 Å². The summed E-state index contributed by atoms with van der Waals surface area (Å²) >= 11 is 0. The van der Waals surface area contributed by atoms with Crippen LogP contribution in [0.2, 0.25) is 0 Å². The van der Waals surface area contributed by atoms with Gasteiger partial charge in [0.15, 0.2) is 0 Å². The first-order valence-electron chi connectivity index (χ1n) is 0. The van der Waals surface area contributed by atoms with Crippen LogP contribution in [0.3, 0.4) is 0 Å². The molecule has 0 atom stereocenters. The van der Waals surface area contributed by atoms with Crippen molar-refractivity contribution < 1.29 is 63.0 Å². The summed E-state index contributed by atoms with van der Waals surface area (Å²) in [5.41, 5.74) is 0. The van der Waals surface area contributed by atoms with Crippen LogP contribution in [0, 0.1) is 0 Å².